The van der Waals surface area contributed by atoms with Crippen molar-refractivity contribution in [1.29, 1.82) is 0 Å². The molecule has 2 aromatic carbocycles. The molecule has 5 aromatic rings. The first-order valence-corrected chi connectivity index (χ1v) is 13.0. The summed E-state index contributed by atoms with van der Waals surface area (Å²) in [5, 5.41) is 2.99. The van der Waals surface area contributed by atoms with Crippen molar-refractivity contribution in [2.24, 2.45) is 0 Å². The van der Waals surface area contributed by atoms with Gasteiger partial charge in [-0.2, -0.15) is 0 Å². The molecule has 7 rings (SSSR count). The van der Waals surface area contributed by atoms with Crippen LogP contribution in [0.25, 0.3) is 49.7 Å². The number of aromatic amines is 1. The molecule has 0 aliphatic carbocycles. The maximum atomic E-state index is 5.91. The second-order valence-electron chi connectivity index (χ2n) is 9.85. The Bertz CT molecular complexity index is 1800. The average molecular weight is 521 g/mol. The highest BCUT2D eigenvalue weighted by Gasteiger charge is 2.27. The Hall–Kier alpha value is -4.63. The van der Waals surface area contributed by atoms with E-state index in [1.807, 2.05) is 43.6 Å². The van der Waals surface area contributed by atoms with E-state index < -0.39 is 0 Å². The number of ether oxygens (including phenoxy) is 2. The predicted molar refractivity (Wildman–Crippen MR) is 150 cm³/mol. The number of rotatable bonds is 5. The molecule has 39 heavy (non-hydrogen) atoms. The smallest absolute Gasteiger partial charge is 0.150 e. The number of hydrogen-bond acceptors (Lipinski definition) is 8. The number of para-hydroxylation sites is 1. The summed E-state index contributed by atoms with van der Waals surface area (Å²) in [7, 11) is 1.70. The molecule has 9 nitrogen and oxygen atoms in total. The Morgan fingerprint density at radius 1 is 1.10 bits per heavy atom. The molecule has 3 aromatic heterocycles. The summed E-state index contributed by atoms with van der Waals surface area (Å²) in [6.45, 7) is 6.03. The summed E-state index contributed by atoms with van der Waals surface area (Å²) >= 11 is 0. The lowest BCUT2D eigenvalue weighted by atomic mass is 9.96. The first-order chi connectivity index (χ1) is 19.1. The number of nitrogens with zero attached hydrogens (tertiary/aromatic N) is 4. The summed E-state index contributed by atoms with van der Waals surface area (Å²) < 4.78 is 11.3. The van der Waals surface area contributed by atoms with Crippen LogP contribution in [0.5, 0.6) is 5.75 Å². The van der Waals surface area contributed by atoms with Gasteiger partial charge in [0.25, 0.3) is 0 Å². The zero-order valence-corrected chi connectivity index (χ0v) is 22.0. The molecular formula is C30H28N6O3. The number of allylic oxidation sites excluding steroid dienone is 1. The number of aromatic nitrogens is 4. The molecule has 2 aliphatic heterocycles. The second-order valence-corrected chi connectivity index (χ2v) is 9.85. The Morgan fingerprint density at radius 3 is 2.79 bits per heavy atom. The van der Waals surface area contributed by atoms with Crippen molar-refractivity contribution in [3.63, 3.8) is 0 Å². The van der Waals surface area contributed by atoms with Crippen molar-refractivity contribution in [1.82, 2.24) is 30.3 Å². The van der Waals surface area contributed by atoms with Gasteiger partial charge in [0.05, 0.1) is 49.1 Å². The van der Waals surface area contributed by atoms with Gasteiger partial charge >= 0.3 is 0 Å². The molecule has 2 N–H and O–H groups in total. The van der Waals surface area contributed by atoms with Crippen LogP contribution in [0.1, 0.15) is 25.2 Å². The lowest BCUT2D eigenvalue weighted by Gasteiger charge is -2.22. The molecule has 9 heteroatoms. The van der Waals surface area contributed by atoms with E-state index in [0.29, 0.717) is 13.2 Å². The van der Waals surface area contributed by atoms with E-state index in [-0.39, 0.29) is 6.04 Å². The molecular weight excluding hydrogens is 492 g/mol. The normalized spacial score (nSPS) is 17.3. The number of benzene rings is 2. The number of methoxy groups -OCH3 is 1. The van der Waals surface area contributed by atoms with Gasteiger partial charge in [-0.15, -0.1) is 5.48 Å². The van der Waals surface area contributed by atoms with Crippen molar-refractivity contribution in [2.75, 3.05) is 20.3 Å². The molecule has 1 unspecified atom stereocenters. The van der Waals surface area contributed by atoms with Crippen LogP contribution < -0.4 is 10.2 Å². The van der Waals surface area contributed by atoms with Crippen molar-refractivity contribution in [2.45, 2.75) is 26.4 Å². The van der Waals surface area contributed by atoms with Gasteiger partial charge in [-0.1, -0.05) is 18.2 Å². The zero-order valence-electron chi connectivity index (χ0n) is 22.0. The third-order valence-corrected chi connectivity index (χ3v) is 7.42. The average Bonchev–Trinajstić information content (AvgIpc) is 3.49. The standard InChI is InChI=1S/C30H28N6O3/c1-17-27(18(2)39-35-17)22-14-24-21(15-25(22)37-3)28-29(20-8-9-31-23-7-5-4-6-19(20)23)33-26(34-30(28)32-24)16-36-10-12-38-13-11-36/h4-10,12,14-15,17,35H,11,13,16H2,1-3H3,(H,32,33,34). The minimum Gasteiger partial charge on any atom is -0.498 e. The van der Waals surface area contributed by atoms with Crippen molar-refractivity contribution in [3.8, 4) is 17.0 Å². The second kappa shape index (κ2) is 9.28. The van der Waals surface area contributed by atoms with E-state index in [2.05, 4.69) is 45.5 Å². The lowest BCUT2D eigenvalue weighted by Crippen LogP contribution is -2.25. The van der Waals surface area contributed by atoms with Crippen LogP contribution in [0.3, 0.4) is 0 Å². The topological polar surface area (TPSA) is 97.4 Å². The molecule has 0 fully saturated rings. The Balaban J connectivity index is 1.50. The zero-order chi connectivity index (χ0) is 26.5. The van der Waals surface area contributed by atoms with Crippen LogP contribution in [0, 0.1) is 0 Å². The molecule has 1 atom stereocenters. The monoisotopic (exact) mass is 520 g/mol. The van der Waals surface area contributed by atoms with E-state index in [1.165, 1.54) is 0 Å². The van der Waals surface area contributed by atoms with Gasteiger partial charge in [-0.3, -0.25) is 4.98 Å². The molecule has 0 saturated carbocycles. The molecule has 2 aliphatic rings. The third kappa shape index (κ3) is 3.93. The van der Waals surface area contributed by atoms with Crippen LogP contribution in [0.15, 0.2) is 66.9 Å². The van der Waals surface area contributed by atoms with Crippen molar-refractivity contribution in [3.05, 3.63) is 78.3 Å². The fraction of sp³-hybridized carbons (Fsp3) is 0.233. The van der Waals surface area contributed by atoms with Gasteiger partial charge < -0.3 is 24.2 Å². The highest BCUT2D eigenvalue weighted by molar-refractivity contribution is 6.15. The van der Waals surface area contributed by atoms with Gasteiger partial charge in [0.1, 0.15) is 23.8 Å². The maximum absolute atomic E-state index is 5.91. The van der Waals surface area contributed by atoms with Gasteiger partial charge in [-0.25, -0.2) is 9.97 Å². The molecule has 0 spiro atoms. The van der Waals surface area contributed by atoms with E-state index in [9.17, 15) is 0 Å². The van der Waals surface area contributed by atoms with Gasteiger partial charge in [0, 0.05) is 45.4 Å². The number of pyridine rings is 1. The van der Waals surface area contributed by atoms with E-state index in [1.54, 1.807) is 13.4 Å². The highest BCUT2D eigenvalue weighted by atomic mass is 16.7. The largest absolute Gasteiger partial charge is 0.498 e. The van der Waals surface area contributed by atoms with Crippen LogP contribution in [0.4, 0.5) is 0 Å². The first kappa shape index (κ1) is 23.5. The van der Waals surface area contributed by atoms with E-state index >= 15 is 0 Å². The van der Waals surface area contributed by atoms with Crippen LogP contribution in [-0.4, -0.2) is 51.1 Å². The maximum Gasteiger partial charge on any atom is 0.150 e. The number of hydrogen-bond donors (Lipinski definition) is 2. The molecule has 196 valence electrons. The van der Waals surface area contributed by atoms with Gasteiger partial charge in [0.15, 0.2) is 5.82 Å². The Morgan fingerprint density at radius 2 is 2.00 bits per heavy atom. The predicted octanol–water partition coefficient (Wildman–Crippen LogP) is 5.29. The summed E-state index contributed by atoms with van der Waals surface area (Å²) in [4.78, 5) is 26.1. The fourth-order valence-corrected chi connectivity index (χ4v) is 5.59. The molecule has 5 heterocycles. The Kier molecular flexibility index (Phi) is 5.59. The number of fused-ring (bicyclic) bond motifs is 4. The minimum atomic E-state index is 0.0347. The van der Waals surface area contributed by atoms with Crippen LogP contribution in [0.2, 0.25) is 0 Å². The van der Waals surface area contributed by atoms with Gasteiger partial charge in [0.2, 0.25) is 0 Å². The van der Waals surface area contributed by atoms with Crippen LogP contribution in [-0.2, 0) is 16.1 Å². The number of hydroxylamine groups is 1. The Labute approximate surface area is 225 Å². The van der Waals surface area contributed by atoms with E-state index in [0.717, 1.165) is 79.1 Å². The van der Waals surface area contributed by atoms with Crippen molar-refractivity contribution < 1.29 is 14.3 Å². The number of H-pyrrole nitrogens is 1. The van der Waals surface area contributed by atoms with E-state index in [4.69, 9.17) is 24.3 Å². The summed E-state index contributed by atoms with van der Waals surface area (Å²) in [5.41, 5.74) is 9.63. The van der Waals surface area contributed by atoms with Crippen molar-refractivity contribution >= 4 is 38.4 Å². The minimum absolute atomic E-state index is 0.0347. The number of nitrogens with one attached hydrogen (secondary N) is 2. The summed E-state index contributed by atoms with van der Waals surface area (Å²) in [5.74, 6) is 2.33. The molecule has 0 radical (unpaired) electrons. The molecule has 0 amide bonds. The fourth-order valence-electron chi connectivity index (χ4n) is 5.59. The first-order valence-electron chi connectivity index (χ1n) is 13.0. The quantitative estimate of drug-likeness (QED) is 0.323. The molecule has 0 bridgehead atoms. The van der Waals surface area contributed by atoms with Crippen LogP contribution >= 0.6 is 0 Å². The van der Waals surface area contributed by atoms with Gasteiger partial charge in [-0.05, 0) is 38.1 Å². The lowest BCUT2D eigenvalue weighted by molar-refractivity contribution is 0.122. The summed E-state index contributed by atoms with van der Waals surface area (Å²) in [6.07, 6.45) is 5.50. The summed E-state index contributed by atoms with van der Waals surface area (Å²) in [6, 6.07) is 14.4. The highest BCUT2D eigenvalue weighted by Crippen LogP contribution is 2.41. The molecule has 0 saturated heterocycles. The SMILES string of the molecule is COc1cc2c(cc1C1=C(C)ONC1C)[nH]c1nc(CN3C=COCC3)nc(-c3ccnc4ccccc34)c12. The third-order valence-electron chi connectivity index (χ3n) is 7.42.